The Labute approximate surface area is 97.0 Å². The van der Waals surface area contributed by atoms with Gasteiger partial charge in [0.15, 0.2) is 0 Å². The first-order valence-electron chi connectivity index (χ1n) is 4.78. The van der Waals surface area contributed by atoms with Gasteiger partial charge in [0.2, 0.25) is 0 Å². The van der Waals surface area contributed by atoms with Gasteiger partial charge in [-0.3, -0.25) is 14.9 Å². The monoisotopic (exact) mass is 240 g/mol. The molecule has 0 heterocycles. The van der Waals surface area contributed by atoms with Crippen LogP contribution in [0.1, 0.15) is 5.56 Å². The molecule has 3 N–H and O–H groups in total. The van der Waals surface area contributed by atoms with E-state index in [1.165, 1.54) is 18.2 Å². The van der Waals surface area contributed by atoms with E-state index in [0.717, 1.165) is 0 Å². The van der Waals surface area contributed by atoms with Crippen molar-refractivity contribution in [2.75, 3.05) is 6.61 Å². The van der Waals surface area contributed by atoms with E-state index in [2.05, 4.69) is 0 Å². The number of carboxylic acid groups (broad SMARTS) is 1. The quantitative estimate of drug-likeness (QED) is 0.578. The van der Waals surface area contributed by atoms with Gasteiger partial charge in [0, 0.05) is 11.6 Å². The molecule has 92 valence electrons. The summed E-state index contributed by atoms with van der Waals surface area (Å²) in [6.45, 7) is 1.38. The molecule has 0 aromatic heterocycles. The molecule has 0 spiro atoms. The maximum absolute atomic E-state index is 10.6. The van der Waals surface area contributed by atoms with Crippen LogP contribution < -0.4 is 10.5 Å². The standard InChI is InChI=1S/C10H12N2O5/c1-6-4-7(2-3-9(6)12(15)16)17-5-8(11)10(13)14/h2-4,8H,5,11H2,1H3,(H,13,14). The molecule has 7 heteroatoms. The van der Waals surface area contributed by atoms with E-state index in [4.69, 9.17) is 15.6 Å². The van der Waals surface area contributed by atoms with Crippen LogP contribution >= 0.6 is 0 Å². The highest BCUT2D eigenvalue weighted by Crippen LogP contribution is 2.22. The molecular weight excluding hydrogens is 228 g/mol. The molecule has 0 aliphatic rings. The largest absolute Gasteiger partial charge is 0.491 e. The van der Waals surface area contributed by atoms with Crippen molar-refractivity contribution in [3.63, 3.8) is 0 Å². The zero-order chi connectivity index (χ0) is 13.0. The minimum Gasteiger partial charge on any atom is -0.491 e. The second-order valence-corrected chi connectivity index (χ2v) is 3.46. The Hall–Kier alpha value is -2.15. The van der Waals surface area contributed by atoms with E-state index in [0.29, 0.717) is 11.3 Å². The van der Waals surface area contributed by atoms with Crippen LogP contribution in [0.4, 0.5) is 5.69 Å². The average Bonchev–Trinajstić information content (AvgIpc) is 2.25. The highest BCUT2D eigenvalue weighted by atomic mass is 16.6. The maximum atomic E-state index is 10.6. The molecule has 1 aromatic carbocycles. The lowest BCUT2D eigenvalue weighted by Crippen LogP contribution is -2.36. The number of carbonyl (C=O) groups is 1. The lowest BCUT2D eigenvalue weighted by atomic mass is 10.2. The molecular formula is C10H12N2O5. The zero-order valence-electron chi connectivity index (χ0n) is 9.12. The van der Waals surface area contributed by atoms with E-state index < -0.39 is 16.9 Å². The van der Waals surface area contributed by atoms with Crippen LogP contribution in [0.2, 0.25) is 0 Å². The van der Waals surface area contributed by atoms with Crippen LogP contribution in [0.15, 0.2) is 18.2 Å². The van der Waals surface area contributed by atoms with Crippen molar-refractivity contribution in [3.8, 4) is 5.75 Å². The summed E-state index contributed by atoms with van der Waals surface area (Å²) in [5.74, 6) is -0.812. The van der Waals surface area contributed by atoms with Crippen molar-refractivity contribution in [3.05, 3.63) is 33.9 Å². The number of nitrogens with two attached hydrogens (primary N) is 1. The van der Waals surface area contributed by atoms with Crippen LogP contribution in [-0.4, -0.2) is 28.6 Å². The normalized spacial score (nSPS) is 11.9. The van der Waals surface area contributed by atoms with Crippen molar-refractivity contribution in [1.82, 2.24) is 0 Å². The van der Waals surface area contributed by atoms with Gasteiger partial charge in [0.1, 0.15) is 18.4 Å². The first-order chi connectivity index (χ1) is 7.91. The molecule has 0 saturated carbocycles. The third-order valence-corrected chi connectivity index (χ3v) is 2.11. The van der Waals surface area contributed by atoms with E-state index >= 15 is 0 Å². The van der Waals surface area contributed by atoms with Gasteiger partial charge in [-0.2, -0.15) is 0 Å². The molecule has 7 nitrogen and oxygen atoms in total. The lowest BCUT2D eigenvalue weighted by molar-refractivity contribution is -0.385. The molecule has 1 aromatic rings. The fourth-order valence-corrected chi connectivity index (χ4v) is 1.18. The molecule has 17 heavy (non-hydrogen) atoms. The fourth-order valence-electron chi connectivity index (χ4n) is 1.18. The average molecular weight is 240 g/mol. The Morgan fingerprint density at radius 1 is 1.65 bits per heavy atom. The van der Waals surface area contributed by atoms with Gasteiger partial charge in [0.25, 0.3) is 5.69 Å². The van der Waals surface area contributed by atoms with E-state index in [9.17, 15) is 14.9 Å². The van der Waals surface area contributed by atoms with E-state index in [1.807, 2.05) is 0 Å². The number of nitro groups is 1. The zero-order valence-corrected chi connectivity index (χ0v) is 9.12. The highest BCUT2D eigenvalue weighted by Gasteiger charge is 2.14. The summed E-state index contributed by atoms with van der Waals surface area (Å²) in [4.78, 5) is 20.5. The summed E-state index contributed by atoms with van der Waals surface area (Å²) in [6, 6.07) is 3.05. The molecule has 1 unspecified atom stereocenters. The van der Waals surface area contributed by atoms with E-state index in [1.54, 1.807) is 6.92 Å². The Morgan fingerprint density at radius 2 is 2.29 bits per heavy atom. The lowest BCUT2D eigenvalue weighted by Gasteiger charge is -2.09. The van der Waals surface area contributed by atoms with Crippen LogP contribution in [-0.2, 0) is 4.79 Å². The number of nitro benzene ring substituents is 1. The van der Waals surface area contributed by atoms with Crippen LogP contribution in [0.5, 0.6) is 5.75 Å². The number of nitrogens with zero attached hydrogens (tertiary/aromatic N) is 1. The molecule has 0 aliphatic carbocycles. The summed E-state index contributed by atoms with van der Waals surface area (Å²) in [7, 11) is 0. The molecule has 0 fully saturated rings. The van der Waals surface area contributed by atoms with Gasteiger partial charge in [-0.25, -0.2) is 0 Å². The smallest absolute Gasteiger partial charge is 0.324 e. The van der Waals surface area contributed by atoms with Gasteiger partial charge in [-0.15, -0.1) is 0 Å². The van der Waals surface area contributed by atoms with Crippen LogP contribution in [0.3, 0.4) is 0 Å². The van der Waals surface area contributed by atoms with Crippen molar-refractivity contribution in [2.24, 2.45) is 5.73 Å². The molecule has 0 bridgehead atoms. The molecule has 0 aliphatic heterocycles. The predicted octanol–water partition coefficient (Wildman–Crippen LogP) is 0.694. The van der Waals surface area contributed by atoms with Gasteiger partial charge in [0.05, 0.1) is 4.92 Å². The number of hydrogen-bond donors (Lipinski definition) is 2. The van der Waals surface area contributed by atoms with Crippen molar-refractivity contribution < 1.29 is 19.6 Å². The second kappa shape index (κ2) is 5.26. The van der Waals surface area contributed by atoms with E-state index in [-0.39, 0.29) is 12.3 Å². The minimum absolute atomic E-state index is 0.0140. The number of rotatable bonds is 5. The van der Waals surface area contributed by atoms with Crippen LogP contribution in [0, 0.1) is 17.0 Å². The molecule has 1 rings (SSSR count). The van der Waals surface area contributed by atoms with Gasteiger partial charge >= 0.3 is 5.97 Å². The summed E-state index contributed by atoms with van der Waals surface area (Å²) >= 11 is 0. The predicted molar refractivity (Wildman–Crippen MR) is 58.9 cm³/mol. The fraction of sp³-hybridized carbons (Fsp3) is 0.300. The molecule has 0 saturated heterocycles. The summed E-state index contributed by atoms with van der Waals surface area (Å²) < 4.78 is 5.12. The summed E-state index contributed by atoms with van der Waals surface area (Å²) in [5.41, 5.74) is 5.67. The first-order valence-corrected chi connectivity index (χ1v) is 4.78. The van der Waals surface area contributed by atoms with Crippen LogP contribution in [0.25, 0.3) is 0 Å². The number of hydrogen-bond acceptors (Lipinski definition) is 5. The van der Waals surface area contributed by atoms with Gasteiger partial charge in [-0.05, 0) is 19.1 Å². The maximum Gasteiger partial charge on any atom is 0.324 e. The van der Waals surface area contributed by atoms with Crippen molar-refractivity contribution in [2.45, 2.75) is 13.0 Å². The number of aliphatic carboxylic acids is 1. The molecule has 0 amide bonds. The third-order valence-electron chi connectivity index (χ3n) is 2.11. The summed E-state index contributed by atoms with van der Waals surface area (Å²) in [5, 5.41) is 19.1. The Bertz CT molecular complexity index is 446. The Balaban J connectivity index is 2.71. The minimum atomic E-state index is -1.16. The Morgan fingerprint density at radius 3 is 2.76 bits per heavy atom. The van der Waals surface area contributed by atoms with Crippen molar-refractivity contribution in [1.29, 1.82) is 0 Å². The Kier molecular flexibility index (Phi) is 4.00. The van der Waals surface area contributed by atoms with Gasteiger partial charge in [-0.1, -0.05) is 0 Å². The first kappa shape index (κ1) is 12.9. The SMILES string of the molecule is Cc1cc(OCC(N)C(=O)O)ccc1[N+](=O)[O-]. The number of ether oxygens (including phenoxy) is 1. The van der Waals surface area contributed by atoms with Crippen molar-refractivity contribution >= 4 is 11.7 Å². The summed E-state index contributed by atoms with van der Waals surface area (Å²) in [6.07, 6.45) is 0. The molecule has 0 radical (unpaired) electrons. The molecule has 1 atom stereocenters. The second-order valence-electron chi connectivity index (χ2n) is 3.46. The van der Waals surface area contributed by atoms with Gasteiger partial charge < -0.3 is 15.6 Å². The highest BCUT2D eigenvalue weighted by molar-refractivity contribution is 5.73. The number of carboxylic acids is 1. The third kappa shape index (κ3) is 3.42. The topological polar surface area (TPSA) is 116 Å². The number of aryl methyl sites for hydroxylation is 1. The number of benzene rings is 1.